The standard InChI is InChI=1S/C40H28N4O/c1-27-16-25-37-36(26-27)43-40(45-37)30-19-23-33(24-20-30)44(31-12-6-3-7-13-31)32-21-17-29(18-22-32)39-38(28-10-4-2-5-11-28)41-34-14-8-9-15-35(34)42-39/h2-26H,1H3. The van der Waals surface area contributed by atoms with Crippen molar-refractivity contribution in [1.82, 2.24) is 15.0 Å². The van der Waals surface area contributed by atoms with Gasteiger partial charge in [-0.15, -0.1) is 0 Å². The average Bonchev–Trinajstić information content (AvgIpc) is 3.53. The molecule has 2 aromatic heterocycles. The summed E-state index contributed by atoms with van der Waals surface area (Å²) in [4.78, 5) is 17.1. The summed E-state index contributed by atoms with van der Waals surface area (Å²) in [6, 6.07) is 51.6. The summed E-state index contributed by atoms with van der Waals surface area (Å²) in [5.41, 5.74) is 12.4. The Morgan fingerprint density at radius 1 is 0.444 bits per heavy atom. The number of aromatic nitrogens is 3. The predicted molar refractivity (Wildman–Crippen MR) is 183 cm³/mol. The normalized spacial score (nSPS) is 11.2. The fourth-order valence-corrected chi connectivity index (χ4v) is 5.71. The minimum absolute atomic E-state index is 0.614. The Kier molecular flexibility index (Phi) is 6.61. The second kappa shape index (κ2) is 11.2. The number of oxazole rings is 1. The summed E-state index contributed by atoms with van der Waals surface area (Å²) in [7, 11) is 0. The van der Waals surface area contributed by atoms with Gasteiger partial charge in [0.25, 0.3) is 0 Å². The first-order chi connectivity index (χ1) is 22.2. The maximum absolute atomic E-state index is 6.07. The second-order valence-electron chi connectivity index (χ2n) is 11.0. The third kappa shape index (κ3) is 5.11. The van der Waals surface area contributed by atoms with Crippen LogP contribution < -0.4 is 4.90 Å². The minimum Gasteiger partial charge on any atom is -0.436 e. The van der Waals surface area contributed by atoms with Gasteiger partial charge in [0.15, 0.2) is 5.58 Å². The van der Waals surface area contributed by atoms with Crippen LogP contribution in [0.15, 0.2) is 156 Å². The number of nitrogens with zero attached hydrogens (tertiary/aromatic N) is 4. The first-order valence-electron chi connectivity index (χ1n) is 15.0. The van der Waals surface area contributed by atoms with Crippen LogP contribution in [-0.4, -0.2) is 15.0 Å². The molecule has 5 heteroatoms. The number of rotatable bonds is 6. The molecular formula is C40H28N4O. The molecule has 0 amide bonds. The van der Waals surface area contributed by atoms with Crippen molar-refractivity contribution in [1.29, 1.82) is 0 Å². The molecule has 0 saturated carbocycles. The summed E-state index contributed by atoms with van der Waals surface area (Å²) >= 11 is 0. The molecule has 0 spiro atoms. The highest BCUT2D eigenvalue weighted by molar-refractivity contribution is 5.87. The number of aryl methyl sites for hydroxylation is 1. The van der Waals surface area contributed by atoms with Crippen molar-refractivity contribution in [2.24, 2.45) is 0 Å². The number of para-hydroxylation sites is 3. The molecule has 0 bridgehead atoms. The zero-order valence-corrected chi connectivity index (χ0v) is 24.6. The third-order valence-electron chi connectivity index (χ3n) is 7.95. The second-order valence-corrected chi connectivity index (χ2v) is 11.0. The van der Waals surface area contributed by atoms with Crippen LogP contribution in [0.5, 0.6) is 0 Å². The molecule has 214 valence electrons. The quantitative estimate of drug-likeness (QED) is 0.196. The van der Waals surface area contributed by atoms with Crippen molar-refractivity contribution >= 4 is 39.2 Å². The lowest BCUT2D eigenvalue weighted by Gasteiger charge is -2.25. The monoisotopic (exact) mass is 580 g/mol. The molecule has 45 heavy (non-hydrogen) atoms. The van der Waals surface area contributed by atoms with Crippen molar-refractivity contribution < 1.29 is 4.42 Å². The van der Waals surface area contributed by atoms with Crippen molar-refractivity contribution in [3.63, 3.8) is 0 Å². The van der Waals surface area contributed by atoms with Gasteiger partial charge in [-0.1, -0.05) is 78.9 Å². The highest BCUT2D eigenvalue weighted by atomic mass is 16.3. The Labute approximate surface area is 261 Å². The van der Waals surface area contributed by atoms with Gasteiger partial charge < -0.3 is 9.32 Å². The molecule has 0 atom stereocenters. The van der Waals surface area contributed by atoms with E-state index in [-0.39, 0.29) is 0 Å². The topological polar surface area (TPSA) is 55.1 Å². The fraction of sp³-hybridized carbons (Fsp3) is 0.0250. The van der Waals surface area contributed by atoms with E-state index < -0.39 is 0 Å². The Morgan fingerprint density at radius 3 is 1.58 bits per heavy atom. The van der Waals surface area contributed by atoms with E-state index in [2.05, 4.69) is 96.8 Å². The van der Waals surface area contributed by atoms with Gasteiger partial charge in [-0.3, -0.25) is 0 Å². The summed E-state index contributed by atoms with van der Waals surface area (Å²) in [5, 5.41) is 0. The predicted octanol–water partition coefficient (Wildman–Crippen LogP) is 10.6. The third-order valence-corrected chi connectivity index (χ3v) is 7.95. The highest BCUT2D eigenvalue weighted by Gasteiger charge is 2.17. The molecule has 0 aliphatic carbocycles. The molecule has 8 aromatic rings. The Balaban J connectivity index is 1.18. The van der Waals surface area contributed by atoms with E-state index >= 15 is 0 Å². The first kappa shape index (κ1) is 26.5. The molecule has 8 rings (SSSR count). The SMILES string of the molecule is Cc1ccc2oc(-c3ccc(N(c4ccccc4)c4ccc(-c5nc6ccccc6nc5-c5ccccc5)cc4)cc3)nc2c1. The number of anilines is 3. The van der Waals surface area contributed by atoms with Gasteiger partial charge in [0.05, 0.1) is 22.4 Å². The Morgan fingerprint density at radius 2 is 0.956 bits per heavy atom. The average molecular weight is 581 g/mol. The largest absolute Gasteiger partial charge is 0.436 e. The van der Waals surface area contributed by atoms with Crippen molar-refractivity contribution in [3.8, 4) is 34.0 Å². The highest BCUT2D eigenvalue weighted by Crippen LogP contribution is 2.38. The van der Waals surface area contributed by atoms with Gasteiger partial charge in [0, 0.05) is 33.8 Å². The van der Waals surface area contributed by atoms with Crippen LogP contribution in [0, 0.1) is 6.92 Å². The summed E-state index contributed by atoms with van der Waals surface area (Å²) in [6.45, 7) is 2.06. The number of hydrogen-bond acceptors (Lipinski definition) is 5. The zero-order valence-electron chi connectivity index (χ0n) is 24.6. The fourth-order valence-electron chi connectivity index (χ4n) is 5.71. The maximum atomic E-state index is 6.07. The van der Waals surface area contributed by atoms with E-state index in [0.717, 1.165) is 72.8 Å². The first-order valence-corrected chi connectivity index (χ1v) is 15.0. The smallest absolute Gasteiger partial charge is 0.227 e. The molecule has 0 fully saturated rings. The molecule has 2 heterocycles. The molecule has 0 N–H and O–H groups in total. The number of hydrogen-bond donors (Lipinski definition) is 0. The summed E-state index contributed by atoms with van der Waals surface area (Å²) in [6.07, 6.45) is 0. The van der Waals surface area contributed by atoms with E-state index in [0.29, 0.717) is 5.89 Å². The molecule has 6 aromatic carbocycles. The van der Waals surface area contributed by atoms with Crippen molar-refractivity contribution in [3.05, 3.63) is 157 Å². The van der Waals surface area contributed by atoms with Crippen molar-refractivity contribution in [2.45, 2.75) is 6.92 Å². The van der Waals surface area contributed by atoms with E-state index in [4.69, 9.17) is 19.4 Å². The minimum atomic E-state index is 0.614. The van der Waals surface area contributed by atoms with Gasteiger partial charge in [0.1, 0.15) is 5.52 Å². The van der Waals surface area contributed by atoms with Crippen LogP contribution in [0.2, 0.25) is 0 Å². The van der Waals surface area contributed by atoms with E-state index in [1.807, 2.05) is 66.7 Å². The van der Waals surface area contributed by atoms with Crippen LogP contribution in [0.1, 0.15) is 5.56 Å². The van der Waals surface area contributed by atoms with E-state index in [9.17, 15) is 0 Å². The van der Waals surface area contributed by atoms with Crippen LogP contribution in [0.25, 0.3) is 56.1 Å². The molecule has 0 aliphatic rings. The van der Waals surface area contributed by atoms with Gasteiger partial charge in [-0.25, -0.2) is 15.0 Å². The number of fused-ring (bicyclic) bond motifs is 2. The molecule has 0 saturated heterocycles. The van der Waals surface area contributed by atoms with Crippen LogP contribution >= 0.6 is 0 Å². The molecule has 0 radical (unpaired) electrons. The summed E-state index contributed by atoms with van der Waals surface area (Å²) in [5.74, 6) is 0.614. The Hall–Kier alpha value is -6.07. The van der Waals surface area contributed by atoms with Crippen molar-refractivity contribution in [2.75, 3.05) is 4.90 Å². The lowest BCUT2D eigenvalue weighted by molar-refractivity contribution is 0.620. The van der Waals surface area contributed by atoms with Gasteiger partial charge in [-0.2, -0.15) is 0 Å². The van der Waals surface area contributed by atoms with Gasteiger partial charge in [0.2, 0.25) is 5.89 Å². The van der Waals surface area contributed by atoms with Crippen LogP contribution in [-0.2, 0) is 0 Å². The lowest BCUT2D eigenvalue weighted by Crippen LogP contribution is -2.09. The number of benzene rings is 6. The summed E-state index contributed by atoms with van der Waals surface area (Å²) < 4.78 is 6.07. The molecule has 0 aliphatic heterocycles. The molecule has 0 unspecified atom stereocenters. The molecular weight excluding hydrogens is 552 g/mol. The maximum Gasteiger partial charge on any atom is 0.227 e. The van der Waals surface area contributed by atoms with Gasteiger partial charge >= 0.3 is 0 Å². The molecule has 5 nitrogen and oxygen atoms in total. The zero-order chi connectivity index (χ0) is 30.2. The van der Waals surface area contributed by atoms with Crippen LogP contribution in [0.4, 0.5) is 17.1 Å². The Bertz CT molecular complexity index is 2260. The van der Waals surface area contributed by atoms with Gasteiger partial charge in [-0.05, 0) is 85.3 Å². The lowest BCUT2D eigenvalue weighted by atomic mass is 10.0. The van der Waals surface area contributed by atoms with E-state index in [1.54, 1.807) is 0 Å². The van der Waals surface area contributed by atoms with E-state index in [1.165, 1.54) is 0 Å². The van der Waals surface area contributed by atoms with Crippen LogP contribution in [0.3, 0.4) is 0 Å².